The van der Waals surface area contributed by atoms with E-state index >= 15 is 0 Å². The van der Waals surface area contributed by atoms with E-state index in [1.807, 2.05) is 0 Å². The molecule has 0 heterocycles. The van der Waals surface area contributed by atoms with Gasteiger partial charge in [0.1, 0.15) is 5.83 Å². The molecule has 0 rings (SSSR count). The molecule has 0 radical (unpaired) electrons. The van der Waals surface area contributed by atoms with Crippen LogP contribution in [0.3, 0.4) is 0 Å². The van der Waals surface area contributed by atoms with Crippen LogP contribution >= 0.6 is 0 Å². The lowest BCUT2D eigenvalue weighted by atomic mass is 10.2. The highest BCUT2D eigenvalue weighted by Crippen LogP contribution is 2.01. The van der Waals surface area contributed by atoms with Gasteiger partial charge in [-0.3, -0.25) is 4.79 Å². The lowest BCUT2D eigenvalue weighted by molar-refractivity contribution is -0.113. The summed E-state index contributed by atoms with van der Waals surface area (Å²) in [5.74, 6) is -0.516. The molecule has 0 aromatic carbocycles. The molecule has 0 aliphatic carbocycles. The molecule has 0 saturated heterocycles. The molecule has 0 N–H and O–H groups in total. The van der Waals surface area contributed by atoms with Crippen molar-refractivity contribution in [3.05, 3.63) is 36.2 Å². The Morgan fingerprint density at radius 2 is 2.00 bits per heavy atom. The van der Waals surface area contributed by atoms with E-state index in [1.165, 1.54) is 25.2 Å². The summed E-state index contributed by atoms with van der Waals surface area (Å²) < 4.78 is 12.4. The van der Waals surface area contributed by atoms with Gasteiger partial charge in [-0.15, -0.1) is 0 Å². The highest BCUT2D eigenvalue weighted by Gasteiger charge is 1.93. The van der Waals surface area contributed by atoms with E-state index < -0.39 is 0 Å². The van der Waals surface area contributed by atoms with Crippen LogP contribution in [0.5, 0.6) is 0 Å². The number of Topliss-reactive ketones (excluding diaryl/α,β-unsaturated/α-hetero) is 1. The fraction of sp³-hybridized carbons (Fsp3) is 0.222. The van der Waals surface area contributed by atoms with Crippen LogP contribution in [0.15, 0.2) is 36.2 Å². The van der Waals surface area contributed by atoms with Gasteiger partial charge in [-0.25, -0.2) is 4.39 Å². The molecule has 0 spiro atoms. The minimum Gasteiger partial charge on any atom is -0.295 e. The zero-order valence-electron chi connectivity index (χ0n) is 6.73. The molecule has 0 fully saturated rings. The van der Waals surface area contributed by atoms with Gasteiger partial charge in [-0.2, -0.15) is 0 Å². The SMILES string of the molecule is C=C(/C=C\C(F)=C/C)C(C)=O. The van der Waals surface area contributed by atoms with Crippen LogP contribution in [0.25, 0.3) is 0 Å². The highest BCUT2D eigenvalue weighted by molar-refractivity contribution is 5.95. The maximum atomic E-state index is 12.4. The summed E-state index contributed by atoms with van der Waals surface area (Å²) in [7, 11) is 0. The average Bonchev–Trinajstić information content (AvgIpc) is 1.99. The van der Waals surface area contributed by atoms with Crippen LogP contribution in [0.4, 0.5) is 4.39 Å². The standard InChI is InChI=1S/C9H11FO/c1-4-9(10)6-5-7(2)8(3)11/h4-6H,2H2,1,3H3/b6-5-,9-4+. The highest BCUT2D eigenvalue weighted by atomic mass is 19.1. The topological polar surface area (TPSA) is 17.1 Å². The van der Waals surface area contributed by atoms with Crippen LogP contribution in [0.2, 0.25) is 0 Å². The maximum absolute atomic E-state index is 12.4. The van der Waals surface area contributed by atoms with Crippen molar-refractivity contribution in [3.63, 3.8) is 0 Å². The molecule has 1 nitrogen and oxygen atoms in total. The molecule has 0 aliphatic rings. The second-order valence-corrected chi connectivity index (χ2v) is 2.09. The monoisotopic (exact) mass is 154 g/mol. The molecule has 0 amide bonds. The van der Waals surface area contributed by atoms with E-state index in [0.717, 1.165) is 0 Å². The number of carbonyl (C=O) groups is 1. The second-order valence-electron chi connectivity index (χ2n) is 2.09. The van der Waals surface area contributed by atoms with Gasteiger partial charge >= 0.3 is 0 Å². The summed E-state index contributed by atoms with van der Waals surface area (Å²) in [4.78, 5) is 10.6. The average molecular weight is 154 g/mol. The van der Waals surface area contributed by atoms with Crippen molar-refractivity contribution >= 4 is 5.78 Å². The van der Waals surface area contributed by atoms with E-state index in [4.69, 9.17) is 0 Å². The zero-order chi connectivity index (χ0) is 8.85. The first-order valence-corrected chi connectivity index (χ1v) is 3.27. The fourth-order valence-corrected chi connectivity index (χ4v) is 0.394. The molecule has 0 aromatic rings. The van der Waals surface area contributed by atoms with Crippen molar-refractivity contribution in [1.29, 1.82) is 0 Å². The number of rotatable bonds is 3. The van der Waals surface area contributed by atoms with Crippen LogP contribution in [-0.2, 0) is 4.79 Å². The lowest BCUT2D eigenvalue weighted by Gasteiger charge is -1.89. The second kappa shape index (κ2) is 4.61. The Morgan fingerprint density at radius 1 is 1.45 bits per heavy atom. The van der Waals surface area contributed by atoms with Gasteiger partial charge in [-0.05, 0) is 26.0 Å². The summed E-state index contributed by atoms with van der Waals surface area (Å²) in [6, 6.07) is 0. The first kappa shape index (κ1) is 9.82. The van der Waals surface area contributed by atoms with E-state index in [1.54, 1.807) is 6.92 Å². The van der Waals surface area contributed by atoms with E-state index in [0.29, 0.717) is 5.57 Å². The Morgan fingerprint density at radius 3 is 2.36 bits per heavy atom. The Balaban J connectivity index is 4.15. The van der Waals surface area contributed by atoms with E-state index in [-0.39, 0.29) is 11.6 Å². The Labute approximate surface area is 65.9 Å². The molecule has 0 aromatic heterocycles. The van der Waals surface area contributed by atoms with Crippen LogP contribution in [0, 0.1) is 0 Å². The third-order valence-corrected chi connectivity index (χ3v) is 1.17. The molecular formula is C9H11FO. The van der Waals surface area contributed by atoms with Gasteiger partial charge in [0.25, 0.3) is 0 Å². The number of carbonyl (C=O) groups excluding carboxylic acids is 1. The van der Waals surface area contributed by atoms with E-state index in [9.17, 15) is 9.18 Å². The van der Waals surface area contributed by atoms with Crippen molar-refractivity contribution < 1.29 is 9.18 Å². The van der Waals surface area contributed by atoms with Gasteiger partial charge in [0.05, 0.1) is 0 Å². The summed E-state index contributed by atoms with van der Waals surface area (Å²) in [5.41, 5.74) is 0.307. The molecule has 0 unspecified atom stereocenters. The molecule has 0 atom stereocenters. The van der Waals surface area contributed by atoms with Gasteiger partial charge in [0.2, 0.25) is 0 Å². The van der Waals surface area contributed by atoms with Crippen molar-refractivity contribution in [1.82, 2.24) is 0 Å². The van der Waals surface area contributed by atoms with Crippen LogP contribution in [0.1, 0.15) is 13.8 Å². The zero-order valence-corrected chi connectivity index (χ0v) is 6.73. The Kier molecular flexibility index (Phi) is 4.11. The van der Waals surface area contributed by atoms with E-state index in [2.05, 4.69) is 6.58 Å². The smallest absolute Gasteiger partial charge is 0.159 e. The third kappa shape index (κ3) is 4.25. The molecule has 60 valence electrons. The summed E-state index contributed by atoms with van der Waals surface area (Å²) in [6.07, 6.45) is 3.88. The fourth-order valence-electron chi connectivity index (χ4n) is 0.394. The van der Waals surface area contributed by atoms with Gasteiger partial charge in [0.15, 0.2) is 5.78 Å². The van der Waals surface area contributed by atoms with Gasteiger partial charge in [-0.1, -0.05) is 12.7 Å². The minimum absolute atomic E-state index is 0.148. The van der Waals surface area contributed by atoms with Crippen molar-refractivity contribution in [2.45, 2.75) is 13.8 Å². The summed E-state index contributed by atoms with van der Waals surface area (Å²) in [5, 5.41) is 0. The number of halogens is 1. The summed E-state index contributed by atoms with van der Waals surface area (Å²) in [6.45, 7) is 6.40. The number of ketones is 1. The summed E-state index contributed by atoms with van der Waals surface area (Å²) >= 11 is 0. The molecular weight excluding hydrogens is 143 g/mol. The van der Waals surface area contributed by atoms with Crippen LogP contribution < -0.4 is 0 Å². The van der Waals surface area contributed by atoms with Gasteiger partial charge in [0, 0.05) is 5.57 Å². The maximum Gasteiger partial charge on any atom is 0.159 e. The predicted octanol–water partition coefficient (Wildman–Crippen LogP) is 2.56. The normalized spacial score (nSPS) is 12.1. The van der Waals surface area contributed by atoms with Crippen molar-refractivity contribution in [3.8, 4) is 0 Å². The van der Waals surface area contributed by atoms with Crippen molar-refractivity contribution in [2.75, 3.05) is 0 Å². The first-order valence-electron chi connectivity index (χ1n) is 3.27. The molecule has 11 heavy (non-hydrogen) atoms. The predicted molar refractivity (Wildman–Crippen MR) is 43.8 cm³/mol. The molecule has 2 heteroatoms. The van der Waals surface area contributed by atoms with Crippen LogP contribution in [-0.4, -0.2) is 5.78 Å². The number of allylic oxidation sites excluding steroid dienone is 5. The number of hydrogen-bond donors (Lipinski definition) is 0. The molecule has 0 saturated carbocycles. The lowest BCUT2D eigenvalue weighted by Crippen LogP contribution is -1.89. The number of hydrogen-bond acceptors (Lipinski definition) is 1. The quantitative estimate of drug-likeness (QED) is 0.451. The largest absolute Gasteiger partial charge is 0.295 e. The first-order chi connectivity index (χ1) is 5.07. The molecule has 0 bridgehead atoms. The Bertz CT molecular complexity index is 224. The molecule has 0 aliphatic heterocycles. The van der Waals surface area contributed by atoms with Gasteiger partial charge < -0.3 is 0 Å². The Hall–Kier alpha value is -1.18. The van der Waals surface area contributed by atoms with Crippen molar-refractivity contribution in [2.24, 2.45) is 0 Å². The minimum atomic E-state index is -0.368. The third-order valence-electron chi connectivity index (χ3n) is 1.17.